The van der Waals surface area contributed by atoms with Crippen molar-refractivity contribution in [2.75, 3.05) is 5.43 Å². The first kappa shape index (κ1) is 18.1. The van der Waals surface area contributed by atoms with E-state index in [0.29, 0.717) is 5.69 Å². The number of carbonyl (C=O) groups excluding carboxylic acids is 1. The lowest BCUT2D eigenvalue weighted by Gasteiger charge is -2.10. The highest BCUT2D eigenvalue weighted by molar-refractivity contribution is 7.89. The van der Waals surface area contributed by atoms with Crippen molar-refractivity contribution in [3.63, 3.8) is 0 Å². The number of nitrogens with zero attached hydrogens (tertiary/aromatic N) is 1. The van der Waals surface area contributed by atoms with Gasteiger partial charge in [-0.2, -0.15) is 0 Å². The van der Waals surface area contributed by atoms with Gasteiger partial charge >= 0.3 is 0 Å². The van der Waals surface area contributed by atoms with Crippen molar-refractivity contribution in [2.45, 2.75) is 23.8 Å². The summed E-state index contributed by atoms with van der Waals surface area (Å²) in [6, 6.07) is 7.57. The molecule has 25 heavy (non-hydrogen) atoms. The fourth-order valence-electron chi connectivity index (χ4n) is 2.16. The fraction of sp³-hybridized carbons (Fsp3) is 0.267. The Balaban J connectivity index is 1.63. The fourth-order valence-corrected chi connectivity index (χ4v) is 3.84. The van der Waals surface area contributed by atoms with Crippen LogP contribution in [-0.4, -0.2) is 24.9 Å². The molecule has 1 saturated carbocycles. The normalized spacial score (nSPS) is 14.4. The van der Waals surface area contributed by atoms with Crippen molar-refractivity contribution < 1.29 is 13.2 Å². The molecule has 1 aromatic heterocycles. The maximum absolute atomic E-state index is 12.1. The number of hydrazine groups is 1. The van der Waals surface area contributed by atoms with E-state index < -0.39 is 15.9 Å². The highest BCUT2D eigenvalue weighted by Crippen LogP contribution is 2.25. The molecule has 10 heteroatoms. The third kappa shape index (κ3) is 4.09. The molecule has 0 atom stereocenters. The first-order chi connectivity index (χ1) is 11.8. The molecule has 3 N–H and O–H groups in total. The van der Waals surface area contributed by atoms with Gasteiger partial charge in [-0.3, -0.25) is 15.6 Å². The first-order valence-corrected chi connectivity index (χ1v) is 9.71. The minimum Gasteiger partial charge on any atom is -0.329 e. The van der Waals surface area contributed by atoms with Crippen molar-refractivity contribution in [1.29, 1.82) is 0 Å². The van der Waals surface area contributed by atoms with Crippen molar-refractivity contribution in [2.24, 2.45) is 7.05 Å². The van der Waals surface area contributed by atoms with E-state index in [1.807, 2.05) is 0 Å². The summed E-state index contributed by atoms with van der Waals surface area (Å²) in [5.41, 5.74) is 6.04. The van der Waals surface area contributed by atoms with Crippen LogP contribution in [0.2, 0.25) is 10.2 Å². The van der Waals surface area contributed by atoms with E-state index in [1.54, 1.807) is 19.2 Å². The molecular weight excluding hydrogens is 387 g/mol. The Labute approximate surface area is 155 Å². The van der Waals surface area contributed by atoms with E-state index in [2.05, 4.69) is 15.6 Å². The maximum atomic E-state index is 12.1. The Kier molecular flexibility index (Phi) is 4.97. The molecule has 1 aliphatic carbocycles. The van der Waals surface area contributed by atoms with Gasteiger partial charge in [0.2, 0.25) is 10.0 Å². The van der Waals surface area contributed by atoms with Gasteiger partial charge < -0.3 is 4.57 Å². The summed E-state index contributed by atoms with van der Waals surface area (Å²) in [5.74, 6) is -0.427. The van der Waals surface area contributed by atoms with Crippen molar-refractivity contribution in [3.05, 3.63) is 46.2 Å². The molecule has 3 rings (SSSR count). The molecule has 2 aromatic rings. The van der Waals surface area contributed by atoms with Crippen LogP contribution in [0.4, 0.5) is 5.69 Å². The molecule has 0 spiro atoms. The number of hydrogen-bond donors (Lipinski definition) is 3. The Bertz CT molecular complexity index is 906. The summed E-state index contributed by atoms with van der Waals surface area (Å²) in [6.45, 7) is 0. The van der Waals surface area contributed by atoms with Gasteiger partial charge in [0.25, 0.3) is 5.91 Å². The van der Waals surface area contributed by atoms with Crippen LogP contribution in [0.25, 0.3) is 0 Å². The number of amides is 1. The minimum absolute atomic E-state index is 0.0472. The summed E-state index contributed by atoms with van der Waals surface area (Å²) in [5, 5.41) is 0.552. The van der Waals surface area contributed by atoms with Crippen LogP contribution in [0.15, 0.2) is 35.2 Å². The lowest BCUT2D eigenvalue weighted by molar-refractivity contribution is 0.0954. The molecule has 0 bridgehead atoms. The molecule has 0 saturated heterocycles. The van der Waals surface area contributed by atoms with Crippen molar-refractivity contribution in [1.82, 2.24) is 14.7 Å². The number of rotatable bonds is 6. The first-order valence-electron chi connectivity index (χ1n) is 7.47. The summed E-state index contributed by atoms with van der Waals surface area (Å²) < 4.78 is 28.2. The molecule has 134 valence electrons. The number of benzene rings is 1. The Hall–Kier alpha value is -1.74. The quantitative estimate of drug-likeness (QED) is 0.647. The summed E-state index contributed by atoms with van der Waals surface area (Å²) in [6.07, 6.45) is 1.75. The monoisotopic (exact) mass is 402 g/mol. The molecule has 1 aliphatic rings. The number of anilines is 1. The standard InChI is InChI=1S/C15H16Cl2N4O3S/c1-21-13(8-12(16)14(21)17)15(22)19-18-9-4-6-11(7-5-9)25(23,24)20-10-2-3-10/h4-8,10,18,20H,2-3H2,1H3,(H,19,22). The van der Waals surface area contributed by atoms with Gasteiger partial charge in [-0.15, -0.1) is 0 Å². The second kappa shape index (κ2) is 6.87. The molecule has 1 heterocycles. The van der Waals surface area contributed by atoms with Crippen LogP contribution in [0, 0.1) is 0 Å². The van der Waals surface area contributed by atoms with E-state index in [4.69, 9.17) is 23.2 Å². The Morgan fingerprint density at radius 3 is 2.36 bits per heavy atom. The highest BCUT2D eigenvalue weighted by Gasteiger charge is 2.27. The average Bonchev–Trinajstić information content (AvgIpc) is 3.35. The van der Waals surface area contributed by atoms with Gasteiger partial charge in [0.1, 0.15) is 10.8 Å². The highest BCUT2D eigenvalue weighted by atomic mass is 35.5. The lowest BCUT2D eigenvalue weighted by Crippen LogP contribution is -2.30. The van der Waals surface area contributed by atoms with Crippen LogP contribution < -0.4 is 15.6 Å². The SMILES string of the molecule is Cn1c(C(=O)NNc2ccc(S(=O)(=O)NC3CC3)cc2)cc(Cl)c1Cl. The number of carbonyl (C=O) groups is 1. The minimum atomic E-state index is -3.49. The number of sulfonamides is 1. The molecule has 0 radical (unpaired) electrons. The van der Waals surface area contributed by atoms with E-state index >= 15 is 0 Å². The van der Waals surface area contributed by atoms with Gasteiger partial charge in [0, 0.05) is 13.1 Å². The van der Waals surface area contributed by atoms with Crippen LogP contribution in [-0.2, 0) is 17.1 Å². The second-order valence-electron chi connectivity index (χ2n) is 5.73. The zero-order valence-electron chi connectivity index (χ0n) is 13.2. The number of hydrogen-bond acceptors (Lipinski definition) is 4. The van der Waals surface area contributed by atoms with Crippen molar-refractivity contribution >= 4 is 44.8 Å². The van der Waals surface area contributed by atoms with Gasteiger partial charge in [-0.05, 0) is 43.2 Å². The zero-order valence-corrected chi connectivity index (χ0v) is 15.5. The smallest absolute Gasteiger partial charge is 0.286 e. The van der Waals surface area contributed by atoms with Crippen LogP contribution >= 0.6 is 23.2 Å². The molecule has 1 fully saturated rings. The summed E-state index contributed by atoms with van der Waals surface area (Å²) in [4.78, 5) is 12.3. The van der Waals surface area contributed by atoms with E-state index in [-0.39, 0.29) is 26.8 Å². The molecular formula is C15H16Cl2N4O3S. The number of halogens is 2. The largest absolute Gasteiger partial charge is 0.329 e. The second-order valence-corrected chi connectivity index (χ2v) is 8.21. The number of aromatic nitrogens is 1. The summed E-state index contributed by atoms with van der Waals surface area (Å²) >= 11 is 11.8. The van der Waals surface area contributed by atoms with Gasteiger partial charge in [0.05, 0.1) is 15.6 Å². The topological polar surface area (TPSA) is 92.2 Å². The molecule has 7 nitrogen and oxygen atoms in total. The maximum Gasteiger partial charge on any atom is 0.286 e. The summed E-state index contributed by atoms with van der Waals surface area (Å²) in [7, 11) is -1.87. The zero-order chi connectivity index (χ0) is 18.2. The third-order valence-corrected chi connectivity index (χ3v) is 6.11. The predicted octanol–water partition coefficient (Wildman–Crippen LogP) is 2.53. The Morgan fingerprint density at radius 1 is 1.20 bits per heavy atom. The molecule has 1 aromatic carbocycles. The van der Waals surface area contributed by atoms with E-state index in [0.717, 1.165) is 12.8 Å². The predicted molar refractivity (Wildman–Crippen MR) is 96.3 cm³/mol. The molecule has 0 unspecified atom stereocenters. The van der Waals surface area contributed by atoms with E-state index in [9.17, 15) is 13.2 Å². The number of nitrogens with one attached hydrogen (secondary N) is 3. The van der Waals surface area contributed by atoms with E-state index in [1.165, 1.54) is 22.8 Å². The lowest BCUT2D eigenvalue weighted by atomic mass is 10.3. The van der Waals surface area contributed by atoms with Crippen LogP contribution in [0.5, 0.6) is 0 Å². The van der Waals surface area contributed by atoms with Gasteiger partial charge in [-0.1, -0.05) is 23.2 Å². The van der Waals surface area contributed by atoms with Gasteiger partial charge in [0.15, 0.2) is 0 Å². The van der Waals surface area contributed by atoms with Gasteiger partial charge in [-0.25, -0.2) is 13.1 Å². The van der Waals surface area contributed by atoms with Crippen LogP contribution in [0.3, 0.4) is 0 Å². The van der Waals surface area contributed by atoms with Crippen LogP contribution in [0.1, 0.15) is 23.3 Å². The third-order valence-electron chi connectivity index (χ3n) is 3.73. The molecule has 0 aliphatic heterocycles. The van der Waals surface area contributed by atoms with Crippen molar-refractivity contribution in [3.8, 4) is 0 Å². The average molecular weight is 403 g/mol. The molecule has 1 amide bonds. The Morgan fingerprint density at radius 2 is 1.84 bits per heavy atom.